The molecule has 1 saturated heterocycles. The van der Waals surface area contributed by atoms with Crippen molar-refractivity contribution in [3.63, 3.8) is 0 Å². The number of hydrogen-bond donors (Lipinski definition) is 1. The van der Waals surface area contributed by atoms with Gasteiger partial charge in [0.1, 0.15) is 5.60 Å². The fourth-order valence-electron chi connectivity index (χ4n) is 2.17. The van der Waals surface area contributed by atoms with E-state index in [9.17, 15) is 9.90 Å². The maximum Gasteiger partial charge on any atom is 0.410 e. The molecule has 0 spiro atoms. The quantitative estimate of drug-likeness (QED) is 0.919. The van der Waals surface area contributed by atoms with E-state index in [-0.39, 0.29) is 0 Å². The Labute approximate surface area is 128 Å². The van der Waals surface area contributed by atoms with Crippen LogP contribution in [0.1, 0.15) is 25.6 Å². The summed E-state index contributed by atoms with van der Waals surface area (Å²) in [6, 6.07) is -0.393. The lowest BCUT2D eigenvalue weighted by atomic mass is 10.1. The fourth-order valence-corrected chi connectivity index (χ4v) is 2.82. The second kappa shape index (κ2) is 6.72. The Morgan fingerprint density at radius 3 is 3.05 bits per heavy atom. The van der Waals surface area contributed by atoms with E-state index in [1.54, 1.807) is 16.6 Å². The molecule has 21 heavy (non-hydrogen) atoms. The van der Waals surface area contributed by atoms with Gasteiger partial charge in [0, 0.05) is 24.0 Å². The maximum absolute atomic E-state index is 12.3. The van der Waals surface area contributed by atoms with Gasteiger partial charge in [0.15, 0.2) is 0 Å². The molecule has 2 atom stereocenters. The van der Waals surface area contributed by atoms with Crippen molar-refractivity contribution in [2.24, 2.45) is 0 Å². The van der Waals surface area contributed by atoms with Crippen molar-refractivity contribution in [1.29, 1.82) is 0 Å². The predicted molar refractivity (Wildman–Crippen MR) is 79.4 cm³/mol. The van der Waals surface area contributed by atoms with Crippen LogP contribution in [-0.2, 0) is 15.9 Å². The average molecular weight is 314 g/mol. The molecule has 2 heterocycles. The van der Waals surface area contributed by atoms with Crippen molar-refractivity contribution >= 4 is 17.4 Å². The van der Waals surface area contributed by atoms with Gasteiger partial charge in [-0.25, -0.2) is 4.79 Å². The van der Waals surface area contributed by atoms with Crippen molar-refractivity contribution in [2.75, 3.05) is 19.8 Å². The van der Waals surface area contributed by atoms with Crippen LogP contribution in [0.3, 0.4) is 0 Å². The molecule has 0 saturated carbocycles. The number of amides is 1. The number of thiazole rings is 1. The van der Waals surface area contributed by atoms with E-state index in [4.69, 9.17) is 9.47 Å². The number of rotatable bonds is 3. The molecule has 1 aromatic heterocycles. The number of morpholine rings is 1. The molecule has 6 nitrogen and oxygen atoms in total. The lowest BCUT2D eigenvalue weighted by Crippen LogP contribution is -2.55. The largest absolute Gasteiger partial charge is 0.444 e. The summed E-state index contributed by atoms with van der Waals surface area (Å²) in [7, 11) is 0. The normalized spacial score (nSPS) is 21.1. The lowest BCUT2D eigenvalue weighted by Gasteiger charge is -2.38. The average Bonchev–Trinajstić information content (AvgIpc) is 2.89. The molecular formula is C14H22N2O4S. The van der Waals surface area contributed by atoms with Gasteiger partial charge in [-0.05, 0) is 20.8 Å². The Balaban J connectivity index is 2.02. The van der Waals surface area contributed by atoms with E-state index in [0.29, 0.717) is 26.2 Å². The van der Waals surface area contributed by atoms with Crippen LogP contribution in [0.2, 0.25) is 0 Å². The zero-order valence-corrected chi connectivity index (χ0v) is 13.4. The van der Waals surface area contributed by atoms with Crippen LogP contribution in [0.25, 0.3) is 0 Å². The molecule has 1 amide bonds. The molecule has 0 radical (unpaired) electrons. The monoisotopic (exact) mass is 314 g/mol. The Hall–Kier alpha value is -1.18. The molecule has 1 aromatic rings. The summed E-state index contributed by atoms with van der Waals surface area (Å²) >= 11 is 1.49. The third-order valence-electron chi connectivity index (χ3n) is 3.13. The van der Waals surface area contributed by atoms with E-state index in [1.807, 2.05) is 20.8 Å². The number of aromatic nitrogens is 1. The third kappa shape index (κ3) is 4.66. The van der Waals surface area contributed by atoms with Gasteiger partial charge in [0.2, 0.25) is 0 Å². The molecule has 0 bridgehead atoms. The third-order valence-corrected chi connectivity index (χ3v) is 3.93. The summed E-state index contributed by atoms with van der Waals surface area (Å²) in [4.78, 5) is 18.8. The minimum absolute atomic E-state index is 0.319. The molecule has 0 aromatic carbocycles. The Morgan fingerprint density at radius 1 is 1.67 bits per heavy atom. The summed E-state index contributed by atoms with van der Waals surface area (Å²) in [5.74, 6) is 0. The van der Waals surface area contributed by atoms with Crippen molar-refractivity contribution < 1.29 is 19.4 Å². The summed E-state index contributed by atoms with van der Waals surface area (Å²) in [6.45, 7) is 6.69. The molecule has 0 aliphatic carbocycles. The smallest absolute Gasteiger partial charge is 0.410 e. The van der Waals surface area contributed by atoms with Crippen molar-refractivity contribution in [3.05, 3.63) is 16.6 Å². The van der Waals surface area contributed by atoms with Crippen LogP contribution in [0.4, 0.5) is 4.79 Å². The SMILES string of the molecule is CC(C)(C)OC(=O)N1CCOCC1C(O)Cc1cncs1. The van der Waals surface area contributed by atoms with Crippen LogP contribution < -0.4 is 0 Å². The van der Waals surface area contributed by atoms with Gasteiger partial charge in [-0.15, -0.1) is 11.3 Å². The fraction of sp³-hybridized carbons (Fsp3) is 0.714. The standard InChI is InChI=1S/C14H22N2O4S/c1-14(2,3)20-13(18)16-4-5-19-8-11(16)12(17)6-10-7-15-9-21-10/h7,9,11-12,17H,4-6,8H2,1-3H3. The van der Waals surface area contributed by atoms with E-state index in [0.717, 1.165) is 4.88 Å². The number of hydrogen-bond acceptors (Lipinski definition) is 6. The molecule has 2 unspecified atom stereocenters. The zero-order valence-electron chi connectivity index (χ0n) is 12.6. The van der Waals surface area contributed by atoms with Crippen molar-refractivity contribution in [2.45, 2.75) is 44.9 Å². The first-order valence-electron chi connectivity index (χ1n) is 6.99. The highest BCUT2D eigenvalue weighted by molar-refractivity contribution is 7.09. The van der Waals surface area contributed by atoms with Gasteiger partial charge in [-0.3, -0.25) is 9.88 Å². The topological polar surface area (TPSA) is 71.9 Å². The Kier molecular flexibility index (Phi) is 5.18. The number of carbonyl (C=O) groups excluding carboxylic acids is 1. The van der Waals surface area contributed by atoms with E-state index < -0.39 is 23.8 Å². The highest BCUT2D eigenvalue weighted by Crippen LogP contribution is 2.19. The second-order valence-electron chi connectivity index (χ2n) is 6.06. The maximum atomic E-state index is 12.3. The first-order chi connectivity index (χ1) is 9.87. The highest BCUT2D eigenvalue weighted by Gasteiger charge is 2.35. The van der Waals surface area contributed by atoms with Gasteiger partial charge in [-0.1, -0.05) is 0 Å². The van der Waals surface area contributed by atoms with Crippen molar-refractivity contribution in [1.82, 2.24) is 9.88 Å². The van der Waals surface area contributed by atoms with Crippen LogP contribution in [0.15, 0.2) is 11.7 Å². The van der Waals surface area contributed by atoms with E-state index in [2.05, 4.69) is 4.98 Å². The molecule has 2 rings (SSSR count). The molecule has 118 valence electrons. The minimum atomic E-state index is -0.696. The molecule has 1 N–H and O–H groups in total. The van der Waals surface area contributed by atoms with Crippen LogP contribution in [0, 0.1) is 0 Å². The molecule has 7 heteroatoms. The predicted octanol–water partition coefficient (Wildman–Crippen LogP) is 1.68. The van der Waals surface area contributed by atoms with Gasteiger partial charge in [0.05, 0.1) is 30.9 Å². The van der Waals surface area contributed by atoms with Crippen LogP contribution in [0.5, 0.6) is 0 Å². The summed E-state index contributed by atoms with van der Waals surface area (Å²) in [5, 5.41) is 10.4. The Bertz CT molecular complexity index is 458. The van der Waals surface area contributed by atoms with Crippen molar-refractivity contribution in [3.8, 4) is 0 Å². The van der Waals surface area contributed by atoms with E-state index >= 15 is 0 Å². The summed E-state index contributed by atoms with van der Waals surface area (Å²) in [6.07, 6.45) is 1.09. The number of aliphatic hydroxyl groups excluding tert-OH is 1. The molecule has 1 fully saturated rings. The first kappa shape index (κ1) is 16.2. The lowest BCUT2D eigenvalue weighted by molar-refractivity contribution is -0.0658. The van der Waals surface area contributed by atoms with Crippen LogP contribution in [-0.4, -0.2) is 58.6 Å². The molecular weight excluding hydrogens is 292 g/mol. The summed E-state index contributed by atoms with van der Waals surface area (Å²) in [5.41, 5.74) is 1.17. The minimum Gasteiger partial charge on any atom is -0.444 e. The zero-order chi connectivity index (χ0) is 15.5. The summed E-state index contributed by atoms with van der Waals surface area (Å²) < 4.78 is 10.8. The molecule has 1 aliphatic heterocycles. The number of carbonyl (C=O) groups is 1. The van der Waals surface area contributed by atoms with E-state index in [1.165, 1.54) is 11.3 Å². The number of ether oxygens (including phenoxy) is 2. The van der Waals surface area contributed by atoms with Gasteiger partial charge >= 0.3 is 6.09 Å². The highest BCUT2D eigenvalue weighted by atomic mass is 32.1. The Morgan fingerprint density at radius 2 is 2.43 bits per heavy atom. The van der Waals surface area contributed by atoms with Crippen LogP contribution >= 0.6 is 11.3 Å². The number of aliphatic hydroxyl groups is 1. The second-order valence-corrected chi connectivity index (χ2v) is 7.03. The number of nitrogens with zero attached hydrogens (tertiary/aromatic N) is 2. The van der Waals surface area contributed by atoms with Gasteiger partial charge in [0.25, 0.3) is 0 Å². The van der Waals surface area contributed by atoms with Gasteiger partial charge < -0.3 is 14.6 Å². The first-order valence-corrected chi connectivity index (χ1v) is 7.87. The molecule has 1 aliphatic rings. The van der Waals surface area contributed by atoms with Gasteiger partial charge in [-0.2, -0.15) is 0 Å².